The summed E-state index contributed by atoms with van der Waals surface area (Å²) in [4.78, 5) is 14.0. The fraction of sp³-hybridized carbons (Fsp3) is 0.333. The van der Waals surface area contributed by atoms with Crippen molar-refractivity contribution in [3.8, 4) is 0 Å². The summed E-state index contributed by atoms with van der Waals surface area (Å²) in [5.74, 6) is 4.37. The van der Waals surface area contributed by atoms with Crippen LogP contribution in [0.5, 0.6) is 0 Å². The molecule has 13 heteroatoms. The lowest BCUT2D eigenvalue weighted by atomic mass is 10.1. The summed E-state index contributed by atoms with van der Waals surface area (Å²) in [6.45, 7) is 1.00. The number of carbonyl (C=O) groups excluding carboxylic acids is 1. The van der Waals surface area contributed by atoms with Gasteiger partial charge in [-0.3, -0.25) is 9.35 Å². The Kier molecular flexibility index (Phi) is 5.89. The first-order valence-corrected chi connectivity index (χ1v) is 9.59. The minimum absolute atomic E-state index is 0.0105. The molecule has 0 atom stereocenters. The van der Waals surface area contributed by atoms with Crippen molar-refractivity contribution in [1.82, 2.24) is 9.88 Å². The van der Waals surface area contributed by atoms with E-state index in [0.29, 0.717) is 30.5 Å². The van der Waals surface area contributed by atoms with Gasteiger partial charge in [-0.15, -0.1) is 0 Å². The molecule has 2 heterocycles. The van der Waals surface area contributed by atoms with Gasteiger partial charge in [0.15, 0.2) is 0 Å². The van der Waals surface area contributed by atoms with Crippen molar-refractivity contribution >= 4 is 39.0 Å². The molecular weight excluding hydrogens is 403 g/mol. The fourth-order valence-electron chi connectivity index (χ4n) is 2.88. The third kappa shape index (κ3) is 4.72. The van der Waals surface area contributed by atoms with Gasteiger partial charge in [0, 0.05) is 25.5 Å². The average Bonchev–Trinajstić information content (AvgIpc) is 2.93. The SMILES string of the molecule is CN1CCn2c(C(=O)NC=NN)cc3c(C(F)(F)F)ccc1c32.CS(=O)(=O)O. The number of hydrogen-bond donors (Lipinski definition) is 3. The van der Waals surface area contributed by atoms with Gasteiger partial charge in [0.05, 0.1) is 23.0 Å². The van der Waals surface area contributed by atoms with Gasteiger partial charge in [0.25, 0.3) is 16.0 Å². The van der Waals surface area contributed by atoms with E-state index in [2.05, 4.69) is 10.4 Å². The Hall–Kier alpha value is -2.80. The van der Waals surface area contributed by atoms with E-state index >= 15 is 0 Å². The van der Waals surface area contributed by atoms with Crippen LogP contribution in [0.25, 0.3) is 10.9 Å². The number of hydrazone groups is 1. The van der Waals surface area contributed by atoms with Gasteiger partial charge in [0.2, 0.25) is 0 Å². The number of nitrogens with zero attached hydrogens (tertiary/aromatic N) is 3. The number of halogens is 3. The first-order valence-electron chi connectivity index (χ1n) is 7.74. The fourth-order valence-corrected chi connectivity index (χ4v) is 2.88. The number of amides is 1. The standard InChI is InChI=1S/C14H14F3N5O.CH4O3S/c1-21-4-5-22-11(13(23)19-7-20-18)6-8-9(14(15,16)17)2-3-10(21)12(8)22;1-5(2,3)4/h2-3,6-7H,4-5,18H2,1H3,(H,19,20,23);1H3,(H,2,3,4). The minimum Gasteiger partial charge on any atom is -0.371 e. The maximum absolute atomic E-state index is 13.3. The molecule has 28 heavy (non-hydrogen) atoms. The maximum Gasteiger partial charge on any atom is 0.417 e. The average molecular weight is 421 g/mol. The van der Waals surface area contributed by atoms with Crippen LogP contribution in [0, 0.1) is 0 Å². The van der Waals surface area contributed by atoms with Crippen LogP contribution in [0.15, 0.2) is 23.3 Å². The summed E-state index contributed by atoms with van der Waals surface area (Å²) in [5.41, 5.74) is 0.451. The van der Waals surface area contributed by atoms with Gasteiger partial charge in [0.1, 0.15) is 12.0 Å². The topological polar surface area (TPSA) is 130 Å². The van der Waals surface area contributed by atoms with Gasteiger partial charge < -0.3 is 20.6 Å². The van der Waals surface area contributed by atoms with Crippen LogP contribution in [0.3, 0.4) is 0 Å². The second-order valence-corrected chi connectivity index (χ2v) is 7.45. The Bertz CT molecular complexity index is 1020. The van der Waals surface area contributed by atoms with Crippen LogP contribution in [-0.4, -0.2) is 49.6 Å². The summed E-state index contributed by atoms with van der Waals surface area (Å²) in [7, 11) is -1.86. The number of likely N-dealkylation sites (N-methyl/N-ethyl adjacent to an activating group) is 1. The normalized spacial score (nSPS) is 14.1. The van der Waals surface area contributed by atoms with Crippen molar-refractivity contribution in [2.45, 2.75) is 12.7 Å². The molecule has 1 aliphatic rings. The zero-order valence-corrected chi connectivity index (χ0v) is 15.7. The third-order valence-corrected chi connectivity index (χ3v) is 3.92. The van der Waals surface area contributed by atoms with Gasteiger partial charge in [-0.1, -0.05) is 0 Å². The molecule has 1 aliphatic heterocycles. The van der Waals surface area contributed by atoms with E-state index in [4.69, 9.17) is 10.4 Å². The van der Waals surface area contributed by atoms with Crippen molar-refractivity contribution in [2.75, 3.05) is 24.7 Å². The third-order valence-electron chi connectivity index (χ3n) is 3.92. The Morgan fingerprint density at radius 1 is 1.36 bits per heavy atom. The van der Waals surface area contributed by atoms with Crippen molar-refractivity contribution < 1.29 is 30.9 Å². The van der Waals surface area contributed by atoms with E-state index in [-0.39, 0.29) is 11.1 Å². The zero-order chi connectivity index (χ0) is 21.3. The van der Waals surface area contributed by atoms with E-state index in [0.717, 1.165) is 12.4 Å². The van der Waals surface area contributed by atoms with E-state index < -0.39 is 27.8 Å². The molecule has 0 saturated carbocycles. The van der Waals surface area contributed by atoms with Crippen LogP contribution in [-0.2, 0) is 22.8 Å². The number of aromatic nitrogens is 1. The molecule has 4 N–H and O–H groups in total. The number of nitrogens with one attached hydrogen (secondary N) is 1. The second-order valence-electron chi connectivity index (χ2n) is 5.98. The summed E-state index contributed by atoms with van der Waals surface area (Å²) < 4.78 is 67.2. The summed E-state index contributed by atoms with van der Waals surface area (Å²) in [6, 6.07) is 3.75. The van der Waals surface area contributed by atoms with E-state index in [9.17, 15) is 26.4 Å². The summed E-state index contributed by atoms with van der Waals surface area (Å²) in [5, 5.41) is 5.49. The lowest BCUT2D eigenvalue weighted by molar-refractivity contribution is -0.136. The highest BCUT2D eigenvalue weighted by atomic mass is 32.2. The van der Waals surface area contributed by atoms with Crippen molar-refractivity contribution in [2.24, 2.45) is 10.9 Å². The molecule has 1 aromatic heterocycles. The molecule has 2 aromatic rings. The molecule has 0 fully saturated rings. The first-order chi connectivity index (χ1) is 12.8. The highest BCUT2D eigenvalue weighted by Gasteiger charge is 2.35. The monoisotopic (exact) mass is 421 g/mol. The number of anilines is 1. The Balaban J connectivity index is 0.000000500. The number of hydrogen-bond acceptors (Lipinski definition) is 6. The van der Waals surface area contributed by atoms with Gasteiger partial charge in [-0.2, -0.15) is 26.7 Å². The predicted molar refractivity (Wildman–Crippen MR) is 97.8 cm³/mol. The molecule has 0 bridgehead atoms. The van der Waals surface area contributed by atoms with Crippen LogP contribution < -0.4 is 16.1 Å². The summed E-state index contributed by atoms with van der Waals surface area (Å²) >= 11 is 0. The smallest absolute Gasteiger partial charge is 0.371 e. The highest BCUT2D eigenvalue weighted by Crippen LogP contribution is 2.41. The van der Waals surface area contributed by atoms with Gasteiger partial charge >= 0.3 is 6.18 Å². The quantitative estimate of drug-likeness (QED) is 0.220. The molecule has 0 radical (unpaired) electrons. The maximum atomic E-state index is 13.3. The summed E-state index contributed by atoms with van der Waals surface area (Å²) in [6.07, 6.45) is -2.78. The molecular formula is C15H18F3N5O4S. The Labute approximate surface area is 158 Å². The molecule has 0 saturated heterocycles. The second kappa shape index (κ2) is 7.67. The van der Waals surface area contributed by atoms with Crippen molar-refractivity contribution in [1.29, 1.82) is 0 Å². The molecule has 0 aliphatic carbocycles. The number of alkyl halides is 3. The van der Waals surface area contributed by atoms with Gasteiger partial charge in [-0.05, 0) is 18.2 Å². The lowest BCUT2D eigenvalue weighted by Crippen LogP contribution is -2.31. The number of rotatable bonds is 2. The Morgan fingerprint density at radius 3 is 2.50 bits per heavy atom. The zero-order valence-electron chi connectivity index (χ0n) is 14.9. The first kappa shape index (κ1) is 21.5. The largest absolute Gasteiger partial charge is 0.417 e. The van der Waals surface area contributed by atoms with Crippen molar-refractivity contribution in [3.05, 3.63) is 29.5 Å². The minimum atomic E-state index is -4.49. The van der Waals surface area contributed by atoms with Crippen LogP contribution in [0.2, 0.25) is 0 Å². The van der Waals surface area contributed by atoms with E-state index in [1.807, 2.05) is 4.90 Å². The van der Waals surface area contributed by atoms with Crippen LogP contribution >= 0.6 is 0 Å². The molecule has 0 unspecified atom stereocenters. The molecule has 3 rings (SSSR count). The van der Waals surface area contributed by atoms with Crippen molar-refractivity contribution in [3.63, 3.8) is 0 Å². The molecule has 1 aromatic carbocycles. The highest BCUT2D eigenvalue weighted by molar-refractivity contribution is 7.85. The molecule has 154 valence electrons. The van der Waals surface area contributed by atoms with E-state index in [1.54, 1.807) is 11.6 Å². The number of carbonyl (C=O) groups is 1. The molecule has 1 amide bonds. The van der Waals surface area contributed by atoms with E-state index in [1.165, 1.54) is 12.1 Å². The number of nitrogens with two attached hydrogens (primary N) is 1. The number of benzene rings is 1. The van der Waals surface area contributed by atoms with Crippen LogP contribution in [0.4, 0.5) is 18.9 Å². The Morgan fingerprint density at radius 2 is 1.96 bits per heavy atom. The van der Waals surface area contributed by atoms with Gasteiger partial charge in [-0.25, -0.2) is 0 Å². The molecule has 9 nitrogen and oxygen atoms in total. The molecule has 0 spiro atoms. The predicted octanol–water partition coefficient (Wildman–Crippen LogP) is 1.25. The van der Waals surface area contributed by atoms with Crippen LogP contribution in [0.1, 0.15) is 16.1 Å². The lowest BCUT2D eigenvalue weighted by Gasteiger charge is -2.28.